The number of aliphatic hydroxyl groups is 3. The van der Waals surface area contributed by atoms with Crippen LogP contribution < -0.4 is 0 Å². The molecule has 39 heavy (non-hydrogen) atoms. The molecule has 3 heterocycles. The highest BCUT2D eigenvalue weighted by molar-refractivity contribution is 7.71. The highest BCUT2D eigenvalue weighted by Gasteiger charge is 2.68. The van der Waals surface area contributed by atoms with Crippen LogP contribution in [0.5, 0.6) is 0 Å². The fraction of sp³-hybridized carbons (Fsp3) is 0.207. The van der Waals surface area contributed by atoms with Gasteiger partial charge in [-0.05, 0) is 16.7 Å². The number of imidazole rings is 1. The molecule has 1 aliphatic rings. The van der Waals surface area contributed by atoms with Crippen LogP contribution in [0, 0.1) is 10.7 Å². The van der Waals surface area contributed by atoms with Gasteiger partial charge in [-0.25, -0.2) is 4.98 Å². The summed E-state index contributed by atoms with van der Waals surface area (Å²) in [4.78, 5) is 10.5. The lowest BCUT2D eigenvalue weighted by atomic mass is 9.57. The van der Waals surface area contributed by atoms with Gasteiger partial charge in [0.15, 0.2) is 16.5 Å². The lowest BCUT2D eigenvalue weighted by molar-refractivity contribution is -0.136. The first-order valence-electron chi connectivity index (χ1n) is 12.4. The van der Waals surface area contributed by atoms with Crippen molar-refractivity contribution in [1.82, 2.24) is 19.5 Å². The Bertz CT molecular complexity index is 1570. The Morgan fingerprint density at radius 2 is 1.46 bits per heavy atom. The third-order valence-corrected chi connectivity index (χ3v) is 7.84. The van der Waals surface area contributed by atoms with E-state index in [9.17, 15) is 19.7 Å². The predicted octanol–water partition coefficient (Wildman–Crippen LogP) is 3.64. The zero-order valence-electron chi connectivity index (χ0n) is 20.6. The molecule has 1 aliphatic heterocycles. The number of hydrogen-bond acceptors (Lipinski definition) is 7. The molecule has 0 spiro atoms. The number of hydrogen-bond donors (Lipinski definition) is 4. The van der Waals surface area contributed by atoms with Gasteiger partial charge in [-0.1, -0.05) is 103 Å². The highest BCUT2D eigenvalue weighted by Crippen LogP contribution is 2.57. The standard InChI is InChI=1S/C29H25FN4O4S/c30-27-32-24-22(25(39)33-27)31-17-34(24)26-29(37,23(36)21(16-35)38-26)28(18-10-4-1-5-11-18,19-12-6-2-7-13-19)20-14-8-3-9-15-20/h1-15,17,21,23,26,35-37H,16H2,(H,32,33,39)/t21-,23-,26-,29-/m1/s1. The molecule has 0 amide bonds. The molecular weight excluding hydrogens is 519 g/mol. The minimum atomic E-state index is -2.17. The molecule has 0 radical (unpaired) electrons. The normalized spacial score (nSPS) is 23.3. The SMILES string of the molecule is OC[C@H]1O[C@@H](n2cnc3c(=S)nc(F)[nH]c32)[C@@](O)(C(c2ccccc2)(c2ccccc2)c2ccccc2)[C@@H]1O. The van der Waals surface area contributed by atoms with Crippen molar-refractivity contribution in [3.8, 4) is 0 Å². The predicted molar refractivity (Wildman–Crippen MR) is 144 cm³/mol. The number of benzene rings is 3. The number of H-pyrrole nitrogens is 1. The van der Waals surface area contributed by atoms with E-state index in [1.807, 2.05) is 91.0 Å². The van der Waals surface area contributed by atoms with Gasteiger partial charge in [-0.2, -0.15) is 9.37 Å². The molecule has 4 atom stereocenters. The summed E-state index contributed by atoms with van der Waals surface area (Å²) in [5.41, 5.74) is -1.30. The van der Waals surface area contributed by atoms with E-state index in [2.05, 4.69) is 15.0 Å². The monoisotopic (exact) mass is 544 g/mol. The van der Waals surface area contributed by atoms with Crippen molar-refractivity contribution in [1.29, 1.82) is 0 Å². The third-order valence-electron chi connectivity index (χ3n) is 7.55. The smallest absolute Gasteiger partial charge is 0.289 e. The Hall–Kier alpha value is -3.80. The second-order valence-corrected chi connectivity index (χ2v) is 9.90. The molecule has 4 N–H and O–H groups in total. The number of nitrogens with zero attached hydrogens (tertiary/aromatic N) is 3. The molecule has 1 saturated heterocycles. The van der Waals surface area contributed by atoms with Crippen LogP contribution in [0.2, 0.25) is 0 Å². The quantitative estimate of drug-likeness (QED) is 0.147. The van der Waals surface area contributed by atoms with Gasteiger partial charge in [-0.3, -0.25) is 9.55 Å². The summed E-state index contributed by atoms with van der Waals surface area (Å²) >= 11 is 5.22. The summed E-state index contributed by atoms with van der Waals surface area (Å²) in [5.74, 6) is 0. The zero-order valence-corrected chi connectivity index (χ0v) is 21.4. The van der Waals surface area contributed by atoms with Crippen molar-refractivity contribution >= 4 is 23.4 Å². The molecule has 0 unspecified atom stereocenters. The Kier molecular flexibility index (Phi) is 6.37. The minimum Gasteiger partial charge on any atom is -0.394 e. The highest BCUT2D eigenvalue weighted by atomic mass is 32.1. The topological polar surface area (TPSA) is 116 Å². The number of ether oxygens (including phenoxy) is 1. The van der Waals surface area contributed by atoms with Crippen LogP contribution in [0.25, 0.3) is 11.2 Å². The largest absolute Gasteiger partial charge is 0.394 e. The average Bonchev–Trinajstić information content (AvgIpc) is 3.49. The molecule has 2 aromatic heterocycles. The van der Waals surface area contributed by atoms with Crippen LogP contribution in [0.1, 0.15) is 22.9 Å². The van der Waals surface area contributed by atoms with E-state index >= 15 is 0 Å². The third kappa shape index (κ3) is 3.68. The maximum absolute atomic E-state index is 14.4. The van der Waals surface area contributed by atoms with Gasteiger partial charge < -0.3 is 20.1 Å². The molecule has 198 valence electrons. The molecular formula is C29H25FN4O4S. The number of rotatable bonds is 6. The molecule has 10 heteroatoms. The van der Waals surface area contributed by atoms with E-state index in [1.165, 1.54) is 10.9 Å². The van der Waals surface area contributed by atoms with Crippen molar-refractivity contribution in [2.24, 2.45) is 0 Å². The lowest BCUT2D eigenvalue weighted by Gasteiger charge is -2.50. The Balaban J connectivity index is 1.75. The minimum absolute atomic E-state index is 0.0683. The van der Waals surface area contributed by atoms with Crippen molar-refractivity contribution < 1.29 is 24.4 Å². The molecule has 5 aromatic rings. The number of fused-ring (bicyclic) bond motifs is 1. The average molecular weight is 545 g/mol. The number of nitrogens with one attached hydrogen (secondary N) is 1. The van der Waals surface area contributed by atoms with Gasteiger partial charge in [0.1, 0.15) is 23.4 Å². The summed E-state index contributed by atoms with van der Waals surface area (Å²) < 4.78 is 22.0. The van der Waals surface area contributed by atoms with Crippen LogP contribution in [0.15, 0.2) is 97.3 Å². The fourth-order valence-electron chi connectivity index (χ4n) is 5.95. The van der Waals surface area contributed by atoms with Gasteiger partial charge >= 0.3 is 0 Å². The molecule has 0 saturated carbocycles. The Morgan fingerprint density at radius 3 is 1.95 bits per heavy atom. The van der Waals surface area contributed by atoms with E-state index in [0.29, 0.717) is 16.7 Å². The second-order valence-electron chi connectivity index (χ2n) is 9.51. The van der Waals surface area contributed by atoms with Crippen LogP contribution in [-0.2, 0) is 10.2 Å². The summed E-state index contributed by atoms with van der Waals surface area (Å²) in [6.07, 6.45) is -3.72. The van der Waals surface area contributed by atoms with E-state index in [-0.39, 0.29) is 15.8 Å². The lowest BCUT2D eigenvalue weighted by Crippen LogP contribution is -2.62. The van der Waals surface area contributed by atoms with E-state index in [0.717, 1.165) is 0 Å². The first kappa shape index (κ1) is 25.5. The van der Waals surface area contributed by atoms with Crippen LogP contribution >= 0.6 is 12.2 Å². The number of halogens is 1. The molecule has 3 aromatic carbocycles. The number of aliphatic hydroxyl groups excluding tert-OH is 2. The van der Waals surface area contributed by atoms with Crippen LogP contribution in [-0.4, -0.2) is 59.3 Å². The molecule has 8 nitrogen and oxygen atoms in total. The maximum atomic E-state index is 14.4. The van der Waals surface area contributed by atoms with Crippen molar-refractivity contribution in [3.05, 3.63) is 125 Å². The van der Waals surface area contributed by atoms with Crippen molar-refractivity contribution in [3.63, 3.8) is 0 Å². The van der Waals surface area contributed by atoms with Gasteiger partial charge in [0.25, 0.3) is 6.08 Å². The van der Waals surface area contributed by atoms with Gasteiger partial charge in [0.05, 0.1) is 18.3 Å². The van der Waals surface area contributed by atoms with Gasteiger partial charge in [0, 0.05) is 0 Å². The molecule has 6 rings (SSSR count). The van der Waals surface area contributed by atoms with Gasteiger partial charge in [-0.15, -0.1) is 0 Å². The van der Waals surface area contributed by atoms with Crippen LogP contribution in [0.4, 0.5) is 4.39 Å². The second kappa shape index (κ2) is 9.74. The summed E-state index contributed by atoms with van der Waals surface area (Å²) in [5, 5.41) is 35.3. The first-order chi connectivity index (χ1) is 18.9. The van der Waals surface area contributed by atoms with E-state index in [1.54, 1.807) is 0 Å². The molecule has 0 bridgehead atoms. The summed E-state index contributed by atoms with van der Waals surface area (Å²) in [7, 11) is 0. The summed E-state index contributed by atoms with van der Waals surface area (Å²) in [6.45, 7) is -0.576. The van der Waals surface area contributed by atoms with E-state index < -0.39 is 42.1 Å². The van der Waals surface area contributed by atoms with Crippen molar-refractivity contribution in [2.75, 3.05) is 6.61 Å². The van der Waals surface area contributed by atoms with E-state index in [4.69, 9.17) is 17.0 Å². The number of aromatic nitrogens is 4. The molecule has 0 aliphatic carbocycles. The van der Waals surface area contributed by atoms with Gasteiger partial charge in [0.2, 0.25) is 0 Å². The Morgan fingerprint density at radius 1 is 0.949 bits per heavy atom. The Labute approximate surface area is 228 Å². The fourth-order valence-corrected chi connectivity index (χ4v) is 6.18. The molecule has 1 fully saturated rings. The zero-order chi connectivity index (χ0) is 27.2. The summed E-state index contributed by atoms with van der Waals surface area (Å²) in [6, 6.07) is 27.9. The van der Waals surface area contributed by atoms with Crippen LogP contribution in [0.3, 0.4) is 0 Å². The maximum Gasteiger partial charge on any atom is 0.289 e. The van der Waals surface area contributed by atoms with Crippen molar-refractivity contribution in [2.45, 2.75) is 29.5 Å². The number of aromatic amines is 1. The first-order valence-corrected chi connectivity index (χ1v) is 12.8.